The fourth-order valence-electron chi connectivity index (χ4n) is 3.75. The standard InChI is InChI=1S/C25H31NO4S/c1-13(2)18-12-17(7-8-21(18)27)30-23-19(14(3)4)9-16(10-20(23)15(5)6)11-22-24(28)26-25(29)31-22/h7-10,12-15,22,27H,11H2,1-6H3,(H,26,28,29). The molecule has 3 rings (SSSR count). The first-order valence-corrected chi connectivity index (χ1v) is 11.6. The quantitative estimate of drug-likeness (QED) is 0.516. The van der Waals surface area contributed by atoms with Gasteiger partial charge in [-0.25, -0.2) is 0 Å². The van der Waals surface area contributed by atoms with E-state index >= 15 is 0 Å². The second-order valence-electron chi connectivity index (χ2n) is 8.98. The Morgan fingerprint density at radius 3 is 2.00 bits per heavy atom. The highest BCUT2D eigenvalue weighted by atomic mass is 32.2. The summed E-state index contributed by atoms with van der Waals surface area (Å²) in [6, 6.07) is 9.54. The molecule has 1 saturated heterocycles. The molecule has 1 heterocycles. The number of rotatable bonds is 7. The van der Waals surface area contributed by atoms with Crippen LogP contribution >= 0.6 is 11.8 Å². The largest absolute Gasteiger partial charge is 0.508 e. The van der Waals surface area contributed by atoms with Crippen LogP contribution in [-0.4, -0.2) is 21.5 Å². The van der Waals surface area contributed by atoms with Crippen LogP contribution in [0.5, 0.6) is 17.2 Å². The van der Waals surface area contributed by atoms with Gasteiger partial charge in [-0.15, -0.1) is 0 Å². The molecule has 2 aromatic carbocycles. The highest BCUT2D eigenvalue weighted by molar-refractivity contribution is 8.15. The van der Waals surface area contributed by atoms with Gasteiger partial charge in [0.2, 0.25) is 5.91 Å². The Balaban J connectivity index is 2.02. The molecule has 5 nitrogen and oxygen atoms in total. The van der Waals surface area contributed by atoms with Crippen LogP contribution in [0.3, 0.4) is 0 Å². The maximum Gasteiger partial charge on any atom is 0.286 e. The van der Waals surface area contributed by atoms with Crippen LogP contribution in [0.15, 0.2) is 30.3 Å². The number of aromatic hydroxyl groups is 1. The lowest BCUT2D eigenvalue weighted by molar-refractivity contribution is -0.118. The van der Waals surface area contributed by atoms with Crippen LogP contribution in [0.4, 0.5) is 4.79 Å². The van der Waals surface area contributed by atoms with Crippen molar-refractivity contribution in [3.05, 3.63) is 52.6 Å². The molecule has 31 heavy (non-hydrogen) atoms. The smallest absolute Gasteiger partial charge is 0.286 e. The molecule has 1 aliphatic heterocycles. The molecule has 1 atom stereocenters. The number of amides is 2. The zero-order valence-electron chi connectivity index (χ0n) is 19.0. The van der Waals surface area contributed by atoms with Gasteiger partial charge in [0.25, 0.3) is 5.24 Å². The Hall–Kier alpha value is -2.47. The molecular weight excluding hydrogens is 410 g/mol. The van der Waals surface area contributed by atoms with E-state index in [9.17, 15) is 14.7 Å². The summed E-state index contributed by atoms with van der Waals surface area (Å²) in [5.74, 6) is 2.16. The van der Waals surface area contributed by atoms with Gasteiger partial charge in [0.15, 0.2) is 0 Å². The number of thioether (sulfide) groups is 1. The van der Waals surface area contributed by atoms with Gasteiger partial charge in [-0.3, -0.25) is 14.9 Å². The van der Waals surface area contributed by atoms with Crippen molar-refractivity contribution in [3.8, 4) is 17.2 Å². The number of nitrogens with one attached hydrogen (secondary N) is 1. The molecule has 0 aromatic heterocycles. The van der Waals surface area contributed by atoms with Crippen LogP contribution in [-0.2, 0) is 11.2 Å². The molecule has 0 radical (unpaired) electrons. The number of hydrogen-bond donors (Lipinski definition) is 2. The molecule has 2 aromatic rings. The van der Waals surface area contributed by atoms with E-state index in [1.807, 2.05) is 19.9 Å². The first kappa shape index (κ1) is 23.2. The van der Waals surface area contributed by atoms with Gasteiger partial charge < -0.3 is 9.84 Å². The van der Waals surface area contributed by atoms with Gasteiger partial charge in [-0.1, -0.05) is 65.4 Å². The molecular formula is C25H31NO4S. The van der Waals surface area contributed by atoms with Gasteiger partial charge in [0.05, 0.1) is 5.25 Å². The lowest BCUT2D eigenvalue weighted by atomic mass is 9.90. The summed E-state index contributed by atoms with van der Waals surface area (Å²) in [5, 5.41) is 11.8. The molecule has 1 unspecified atom stereocenters. The minimum atomic E-state index is -0.398. The van der Waals surface area contributed by atoms with Crippen LogP contribution in [0, 0.1) is 0 Å². The van der Waals surface area contributed by atoms with Crippen molar-refractivity contribution in [2.45, 2.75) is 71.0 Å². The SMILES string of the molecule is CC(C)c1cc(Oc2c(C(C)C)cc(CC3SC(=O)NC3=O)cc2C(C)C)ccc1O. The van der Waals surface area contributed by atoms with E-state index in [1.165, 1.54) is 0 Å². The summed E-state index contributed by atoms with van der Waals surface area (Å²) in [7, 11) is 0. The van der Waals surface area contributed by atoms with Gasteiger partial charge in [0.1, 0.15) is 17.2 Å². The fraction of sp³-hybridized carbons (Fsp3) is 0.440. The van der Waals surface area contributed by atoms with Crippen LogP contribution < -0.4 is 10.1 Å². The summed E-state index contributed by atoms with van der Waals surface area (Å²) in [4.78, 5) is 23.6. The molecule has 0 spiro atoms. The summed E-state index contributed by atoms with van der Waals surface area (Å²) in [6.07, 6.45) is 0.499. The van der Waals surface area contributed by atoms with Gasteiger partial charge in [0, 0.05) is 5.56 Å². The van der Waals surface area contributed by atoms with Gasteiger partial charge in [-0.05, 0) is 59.1 Å². The molecule has 1 aliphatic rings. The first-order chi connectivity index (χ1) is 14.6. The number of benzene rings is 2. The molecule has 1 fully saturated rings. The summed E-state index contributed by atoms with van der Waals surface area (Å²) in [5.41, 5.74) is 4.00. The fourth-order valence-corrected chi connectivity index (χ4v) is 4.61. The van der Waals surface area contributed by atoms with Crippen molar-refractivity contribution >= 4 is 22.9 Å². The van der Waals surface area contributed by atoms with E-state index in [-0.39, 0.29) is 34.6 Å². The lowest BCUT2D eigenvalue weighted by Gasteiger charge is -2.22. The van der Waals surface area contributed by atoms with Crippen molar-refractivity contribution in [2.75, 3.05) is 0 Å². The molecule has 2 amide bonds. The molecule has 166 valence electrons. The van der Waals surface area contributed by atoms with Crippen molar-refractivity contribution < 1.29 is 19.4 Å². The molecule has 6 heteroatoms. The monoisotopic (exact) mass is 441 g/mol. The normalized spacial score (nSPS) is 16.5. The Labute approximate surface area is 188 Å². The van der Waals surface area contributed by atoms with Crippen LogP contribution in [0.2, 0.25) is 0 Å². The third kappa shape index (κ3) is 5.24. The van der Waals surface area contributed by atoms with Crippen molar-refractivity contribution in [1.82, 2.24) is 5.32 Å². The predicted molar refractivity (Wildman–Crippen MR) is 126 cm³/mol. The Morgan fingerprint density at radius 2 is 1.52 bits per heavy atom. The van der Waals surface area contributed by atoms with Crippen molar-refractivity contribution in [2.24, 2.45) is 0 Å². The molecule has 0 saturated carbocycles. The summed E-state index contributed by atoms with van der Waals surface area (Å²) in [6.45, 7) is 12.5. The van der Waals surface area contributed by atoms with E-state index < -0.39 is 5.25 Å². The third-order valence-corrected chi connectivity index (χ3v) is 6.46. The highest BCUT2D eigenvalue weighted by Gasteiger charge is 2.32. The number of ether oxygens (including phenoxy) is 1. The molecule has 0 aliphatic carbocycles. The minimum absolute atomic E-state index is 0.179. The first-order valence-electron chi connectivity index (χ1n) is 10.8. The second-order valence-corrected chi connectivity index (χ2v) is 10.2. The maximum absolute atomic E-state index is 12.1. The van der Waals surface area contributed by atoms with Crippen LogP contribution in [0.1, 0.15) is 81.5 Å². The van der Waals surface area contributed by atoms with Gasteiger partial charge in [-0.2, -0.15) is 0 Å². The highest BCUT2D eigenvalue weighted by Crippen LogP contribution is 2.41. The third-order valence-electron chi connectivity index (χ3n) is 5.48. The van der Waals surface area contributed by atoms with Gasteiger partial charge >= 0.3 is 0 Å². The number of carbonyl (C=O) groups excluding carboxylic acids is 2. The number of hydrogen-bond acceptors (Lipinski definition) is 5. The zero-order chi connectivity index (χ0) is 22.9. The number of imide groups is 1. The minimum Gasteiger partial charge on any atom is -0.508 e. The summed E-state index contributed by atoms with van der Waals surface area (Å²) < 4.78 is 6.42. The van der Waals surface area contributed by atoms with E-state index in [2.05, 4.69) is 45.1 Å². The Morgan fingerprint density at radius 1 is 0.935 bits per heavy atom. The zero-order valence-corrected chi connectivity index (χ0v) is 19.8. The number of phenols is 1. The average Bonchev–Trinajstić information content (AvgIpc) is 3.00. The van der Waals surface area contributed by atoms with E-state index in [0.29, 0.717) is 12.2 Å². The predicted octanol–water partition coefficient (Wildman–Crippen LogP) is 6.45. The average molecular weight is 442 g/mol. The summed E-state index contributed by atoms with van der Waals surface area (Å²) >= 11 is 1.05. The molecule has 0 bridgehead atoms. The van der Waals surface area contributed by atoms with Crippen molar-refractivity contribution in [1.29, 1.82) is 0 Å². The maximum atomic E-state index is 12.1. The lowest BCUT2D eigenvalue weighted by Crippen LogP contribution is -2.25. The van der Waals surface area contributed by atoms with Crippen LogP contribution in [0.25, 0.3) is 0 Å². The van der Waals surface area contributed by atoms with E-state index in [4.69, 9.17) is 4.74 Å². The number of phenolic OH excluding ortho intramolecular Hbond substituents is 1. The van der Waals surface area contributed by atoms with Crippen molar-refractivity contribution in [3.63, 3.8) is 0 Å². The second kappa shape index (κ2) is 9.35. The van der Waals surface area contributed by atoms with E-state index in [0.717, 1.165) is 39.8 Å². The topological polar surface area (TPSA) is 75.6 Å². The Kier molecular flexibility index (Phi) is 6.99. The van der Waals surface area contributed by atoms with E-state index in [1.54, 1.807) is 12.1 Å². The molecule has 2 N–H and O–H groups in total. The Bertz CT molecular complexity index is 968. The number of carbonyl (C=O) groups is 2.